The molecule has 1 aromatic heterocycles. The van der Waals surface area contributed by atoms with Crippen LogP contribution in [0.15, 0.2) is 29.3 Å². The number of carbonyl (C=O) groups excluding carboxylic acids is 2. The molecule has 2 aromatic rings. The van der Waals surface area contributed by atoms with E-state index >= 15 is 0 Å². The third-order valence-corrected chi connectivity index (χ3v) is 8.31. The lowest BCUT2D eigenvalue weighted by atomic mass is 9.83. The van der Waals surface area contributed by atoms with Crippen molar-refractivity contribution < 1.29 is 14.7 Å². The van der Waals surface area contributed by atoms with Gasteiger partial charge in [-0.15, -0.1) is 0 Å². The van der Waals surface area contributed by atoms with E-state index in [9.17, 15) is 14.7 Å². The van der Waals surface area contributed by atoms with Gasteiger partial charge in [0.15, 0.2) is 5.96 Å². The van der Waals surface area contributed by atoms with Crippen LogP contribution >= 0.6 is 23.2 Å². The van der Waals surface area contributed by atoms with Crippen molar-refractivity contribution in [1.29, 1.82) is 0 Å². The Hall–Kier alpha value is -3.02. The van der Waals surface area contributed by atoms with Crippen molar-refractivity contribution in [2.45, 2.75) is 44.2 Å². The van der Waals surface area contributed by atoms with E-state index < -0.39 is 12.1 Å². The van der Waals surface area contributed by atoms with Gasteiger partial charge < -0.3 is 31.7 Å². The highest BCUT2D eigenvalue weighted by Gasteiger charge is 2.33. The van der Waals surface area contributed by atoms with Crippen molar-refractivity contribution in [1.82, 2.24) is 20.0 Å². The average molecular weight is 580 g/mol. The molecule has 2 atom stereocenters. The van der Waals surface area contributed by atoms with E-state index in [-0.39, 0.29) is 36.8 Å². The smallest absolute Gasteiger partial charge is 0.245 e. The topological polar surface area (TPSA) is 155 Å². The Balaban J connectivity index is 1.39. The van der Waals surface area contributed by atoms with Crippen molar-refractivity contribution in [3.8, 4) is 11.3 Å². The lowest BCUT2D eigenvalue weighted by Gasteiger charge is -2.41. The van der Waals surface area contributed by atoms with Gasteiger partial charge in [0, 0.05) is 38.3 Å². The predicted octanol–water partition coefficient (Wildman–Crippen LogP) is 1.74. The van der Waals surface area contributed by atoms with Crippen molar-refractivity contribution in [2.24, 2.45) is 29.4 Å². The number of aromatic nitrogens is 2. The minimum atomic E-state index is -0.708. The molecule has 13 heteroatoms. The minimum absolute atomic E-state index is 0.0512. The molecule has 6 N–H and O–H groups in total. The molecule has 1 saturated heterocycles. The van der Waals surface area contributed by atoms with Gasteiger partial charge in [-0.25, -0.2) is 4.99 Å². The number of aryl methyl sites for hydroxylation is 1. The third-order valence-electron chi connectivity index (χ3n) is 7.49. The lowest BCUT2D eigenvalue weighted by Crippen LogP contribution is -2.59. The van der Waals surface area contributed by atoms with E-state index in [4.69, 9.17) is 34.7 Å². The summed E-state index contributed by atoms with van der Waals surface area (Å²) in [5, 5.41) is 18.3. The van der Waals surface area contributed by atoms with Gasteiger partial charge in [0.25, 0.3) is 0 Å². The zero-order valence-corrected chi connectivity index (χ0v) is 23.5. The number of anilines is 1. The zero-order valence-electron chi connectivity index (χ0n) is 22.0. The predicted molar refractivity (Wildman–Crippen MR) is 153 cm³/mol. The first-order valence-electron chi connectivity index (χ1n) is 13.2. The summed E-state index contributed by atoms with van der Waals surface area (Å²) >= 11 is 12.6. The molecule has 2 aliphatic rings. The van der Waals surface area contributed by atoms with E-state index in [0.29, 0.717) is 35.4 Å². The number of hydrogen-bond donors (Lipinski definition) is 4. The zero-order chi connectivity index (χ0) is 28.1. The molecule has 39 heavy (non-hydrogen) atoms. The number of aliphatic hydroxyl groups is 1. The summed E-state index contributed by atoms with van der Waals surface area (Å²) in [5.74, 6) is 0.109. The number of aliphatic imine (C=N–C) groups is 1. The van der Waals surface area contributed by atoms with Crippen LogP contribution in [0.5, 0.6) is 0 Å². The first-order valence-corrected chi connectivity index (χ1v) is 13.9. The van der Waals surface area contributed by atoms with Crippen LogP contribution in [0, 0.1) is 5.92 Å². The number of guanidine groups is 1. The molecule has 2 amide bonds. The number of aliphatic hydroxyl groups excluding tert-OH is 1. The van der Waals surface area contributed by atoms with Crippen molar-refractivity contribution in [3.63, 3.8) is 0 Å². The summed E-state index contributed by atoms with van der Waals surface area (Å²) < 4.78 is 1.74. The van der Waals surface area contributed by atoms with Crippen LogP contribution in [-0.4, -0.2) is 82.4 Å². The van der Waals surface area contributed by atoms with Gasteiger partial charge >= 0.3 is 0 Å². The maximum atomic E-state index is 13.1. The van der Waals surface area contributed by atoms with Crippen LogP contribution in [0.3, 0.4) is 0 Å². The fourth-order valence-corrected chi connectivity index (χ4v) is 5.89. The molecule has 2 fully saturated rings. The SMILES string of the molecule is Cn1nc(-c2cccc(Cl)c2Cl)cc1N1CCN(C(=O)CNC(=O)[C@H](N=C(N)N)C2CCCCC2)C(CO)C1. The Bertz CT molecular complexity index is 1210. The normalized spacial score (nSPS) is 19.0. The molecular weight excluding hydrogens is 543 g/mol. The second-order valence-electron chi connectivity index (χ2n) is 10.1. The van der Waals surface area contributed by atoms with E-state index in [1.165, 1.54) is 0 Å². The Labute approximate surface area is 238 Å². The molecule has 2 heterocycles. The maximum absolute atomic E-state index is 13.1. The summed E-state index contributed by atoms with van der Waals surface area (Å²) in [6, 6.07) is 6.15. The molecule has 0 radical (unpaired) electrons. The molecule has 1 aliphatic heterocycles. The minimum Gasteiger partial charge on any atom is -0.394 e. The number of amides is 2. The van der Waals surface area contributed by atoms with Gasteiger partial charge in [-0.2, -0.15) is 5.10 Å². The molecule has 0 bridgehead atoms. The number of halogens is 2. The van der Waals surface area contributed by atoms with Crippen LogP contribution in [0.1, 0.15) is 32.1 Å². The molecule has 4 rings (SSSR count). The second-order valence-corrected chi connectivity index (χ2v) is 10.9. The van der Waals surface area contributed by atoms with Crippen LogP contribution in [0.4, 0.5) is 5.82 Å². The quantitative estimate of drug-likeness (QED) is 0.274. The van der Waals surface area contributed by atoms with Crippen molar-refractivity contribution in [2.75, 3.05) is 37.7 Å². The molecule has 212 valence electrons. The van der Waals surface area contributed by atoms with Gasteiger partial charge in [0.05, 0.1) is 34.9 Å². The highest BCUT2D eigenvalue weighted by molar-refractivity contribution is 6.43. The molecule has 1 aromatic carbocycles. The number of piperazine rings is 1. The Kier molecular flexibility index (Phi) is 9.58. The Morgan fingerprint density at radius 1 is 1.21 bits per heavy atom. The first-order chi connectivity index (χ1) is 18.7. The van der Waals surface area contributed by atoms with Crippen LogP contribution < -0.4 is 21.7 Å². The number of nitrogens with zero attached hydrogens (tertiary/aromatic N) is 5. The summed E-state index contributed by atoms with van der Waals surface area (Å²) in [7, 11) is 1.83. The van der Waals surface area contributed by atoms with Crippen molar-refractivity contribution >= 4 is 46.8 Å². The van der Waals surface area contributed by atoms with Gasteiger partial charge in [-0.3, -0.25) is 14.3 Å². The van der Waals surface area contributed by atoms with E-state index in [1.807, 2.05) is 25.2 Å². The number of nitrogens with one attached hydrogen (secondary N) is 1. The number of rotatable bonds is 8. The standard InChI is InChI=1S/C26H36Cl2N8O3/c1-34-21(12-20(33-34)18-8-5-9-19(27)23(18)28)35-10-11-36(17(14-35)15-37)22(38)13-31-25(39)24(32-26(29)30)16-6-3-2-4-7-16/h5,8-9,12,16-17,24,37H,2-4,6-7,10-11,13-15H2,1H3,(H,31,39)(H4,29,30,32)/t17?,24-/m1/s1. The van der Waals surface area contributed by atoms with Gasteiger partial charge in [-0.1, -0.05) is 54.6 Å². The number of benzene rings is 1. The van der Waals surface area contributed by atoms with Crippen LogP contribution in [0.25, 0.3) is 11.3 Å². The molecule has 11 nitrogen and oxygen atoms in total. The number of nitrogens with two attached hydrogens (primary N) is 2. The first kappa shape index (κ1) is 29.0. The molecule has 1 unspecified atom stereocenters. The van der Waals surface area contributed by atoms with Crippen LogP contribution in [-0.2, 0) is 16.6 Å². The number of carbonyl (C=O) groups is 2. The summed E-state index contributed by atoms with van der Waals surface area (Å²) in [6.07, 6.45) is 4.93. The summed E-state index contributed by atoms with van der Waals surface area (Å²) in [5.41, 5.74) is 12.6. The average Bonchev–Trinajstić information content (AvgIpc) is 3.32. The fraction of sp³-hybridized carbons (Fsp3) is 0.538. The third kappa shape index (κ3) is 6.77. The summed E-state index contributed by atoms with van der Waals surface area (Å²) in [4.78, 5) is 33.9. The molecule has 0 spiro atoms. The highest BCUT2D eigenvalue weighted by atomic mass is 35.5. The maximum Gasteiger partial charge on any atom is 0.245 e. The monoisotopic (exact) mass is 578 g/mol. The second kappa shape index (κ2) is 12.9. The lowest BCUT2D eigenvalue weighted by molar-refractivity contribution is -0.136. The van der Waals surface area contributed by atoms with Gasteiger partial charge in [0.2, 0.25) is 11.8 Å². The fourth-order valence-electron chi connectivity index (χ4n) is 5.49. The van der Waals surface area contributed by atoms with Crippen LogP contribution in [0.2, 0.25) is 10.0 Å². The van der Waals surface area contributed by atoms with Gasteiger partial charge in [-0.05, 0) is 24.8 Å². The number of hydrogen-bond acceptors (Lipinski definition) is 6. The molecular formula is C26H36Cl2N8O3. The molecule has 1 saturated carbocycles. The van der Waals surface area contributed by atoms with Gasteiger partial charge in [0.1, 0.15) is 11.9 Å². The van der Waals surface area contributed by atoms with E-state index in [0.717, 1.165) is 43.5 Å². The Morgan fingerprint density at radius 3 is 2.64 bits per heavy atom. The molecule has 1 aliphatic carbocycles. The summed E-state index contributed by atoms with van der Waals surface area (Å²) in [6.45, 7) is 0.883. The largest absolute Gasteiger partial charge is 0.394 e. The van der Waals surface area contributed by atoms with E-state index in [1.54, 1.807) is 15.6 Å². The van der Waals surface area contributed by atoms with Crippen molar-refractivity contribution in [3.05, 3.63) is 34.3 Å². The van der Waals surface area contributed by atoms with E-state index in [2.05, 4.69) is 20.3 Å². The highest BCUT2D eigenvalue weighted by Crippen LogP contribution is 2.34. The Morgan fingerprint density at radius 2 is 1.95 bits per heavy atom.